The van der Waals surface area contributed by atoms with Gasteiger partial charge < -0.3 is 5.32 Å². The number of benzene rings is 2. The van der Waals surface area contributed by atoms with Crippen LogP contribution in [0, 0.1) is 5.82 Å². The Hall–Kier alpha value is -1.92. The van der Waals surface area contributed by atoms with Gasteiger partial charge in [0.25, 0.3) is 10.0 Å². The molecule has 0 heterocycles. The highest BCUT2D eigenvalue weighted by Crippen LogP contribution is 2.21. The molecular weight excluding hydrogens is 279 g/mol. The van der Waals surface area contributed by atoms with Crippen LogP contribution in [0.25, 0.3) is 0 Å². The quantitative estimate of drug-likeness (QED) is 0.890. The van der Waals surface area contributed by atoms with E-state index in [0.717, 1.165) is 0 Å². The molecule has 2 N–H and O–H groups in total. The molecule has 20 heavy (non-hydrogen) atoms. The van der Waals surface area contributed by atoms with Crippen molar-refractivity contribution in [2.45, 2.75) is 11.4 Å². The summed E-state index contributed by atoms with van der Waals surface area (Å²) in [5, 5.41) is 2.91. The van der Waals surface area contributed by atoms with Crippen LogP contribution >= 0.6 is 0 Å². The van der Waals surface area contributed by atoms with Crippen LogP contribution in [0.4, 0.5) is 10.1 Å². The molecule has 0 aromatic heterocycles. The molecule has 6 heteroatoms. The molecule has 0 unspecified atom stereocenters. The van der Waals surface area contributed by atoms with Crippen molar-refractivity contribution >= 4 is 15.7 Å². The smallest absolute Gasteiger partial charge is 0.262 e. The molecule has 0 saturated carbocycles. The fraction of sp³-hybridized carbons (Fsp3) is 0.143. The Labute approximate surface area is 117 Å². The molecular formula is C14H15FN2O2S. The van der Waals surface area contributed by atoms with Crippen LogP contribution in [0.5, 0.6) is 0 Å². The van der Waals surface area contributed by atoms with Crippen molar-refractivity contribution in [3.8, 4) is 0 Å². The maximum atomic E-state index is 13.5. The van der Waals surface area contributed by atoms with E-state index in [1.54, 1.807) is 31.3 Å². The second-order valence-corrected chi connectivity index (χ2v) is 5.87. The highest BCUT2D eigenvalue weighted by atomic mass is 32.2. The lowest BCUT2D eigenvalue weighted by Crippen LogP contribution is -2.17. The van der Waals surface area contributed by atoms with E-state index >= 15 is 0 Å². The molecule has 0 atom stereocenters. The average Bonchev–Trinajstić information content (AvgIpc) is 2.42. The van der Waals surface area contributed by atoms with Gasteiger partial charge in [0, 0.05) is 6.54 Å². The first-order valence-electron chi connectivity index (χ1n) is 6.04. The van der Waals surface area contributed by atoms with Gasteiger partial charge in [-0.3, -0.25) is 4.72 Å². The summed E-state index contributed by atoms with van der Waals surface area (Å²) in [5.41, 5.74) is 0.561. The van der Waals surface area contributed by atoms with Gasteiger partial charge >= 0.3 is 0 Å². The van der Waals surface area contributed by atoms with Crippen LogP contribution in [-0.4, -0.2) is 15.5 Å². The van der Waals surface area contributed by atoms with Crippen molar-refractivity contribution < 1.29 is 12.8 Å². The summed E-state index contributed by atoms with van der Waals surface area (Å²) in [6.07, 6.45) is 0. The van der Waals surface area contributed by atoms with Crippen LogP contribution in [0.3, 0.4) is 0 Å². The summed E-state index contributed by atoms with van der Waals surface area (Å²) in [6.45, 7) is 0.411. The van der Waals surface area contributed by atoms with E-state index in [2.05, 4.69) is 10.0 Å². The molecule has 0 aliphatic rings. The largest absolute Gasteiger partial charge is 0.316 e. The number of nitrogens with one attached hydrogen (secondary N) is 2. The standard InChI is InChI=1S/C14H15FN2O2S/c1-16-10-11-6-2-5-9-14(11)20(18,19)17-13-8-4-3-7-12(13)15/h2-9,16-17H,10H2,1H3. The number of sulfonamides is 1. The van der Waals surface area contributed by atoms with E-state index in [1.807, 2.05) is 0 Å². The molecule has 0 saturated heterocycles. The van der Waals surface area contributed by atoms with Gasteiger partial charge in [0.1, 0.15) is 5.82 Å². The van der Waals surface area contributed by atoms with E-state index < -0.39 is 15.8 Å². The van der Waals surface area contributed by atoms with E-state index in [0.29, 0.717) is 12.1 Å². The summed E-state index contributed by atoms with van der Waals surface area (Å²) in [5.74, 6) is -0.609. The van der Waals surface area contributed by atoms with E-state index in [-0.39, 0.29) is 10.6 Å². The molecule has 0 fully saturated rings. The topological polar surface area (TPSA) is 58.2 Å². The Balaban J connectivity index is 2.39. The predicted molar refractivity (Wildman–Crippen MR) is 76.4 cm³/mol. The van der Waals surface area contributed by atoms with E-state index in [1.165, 1.54) is 24.3 Å². The fourth-order valence-corrected chi connectivity index (χ4v) is 3.15. The molecule has 4 nitrogen and oxygen atoms in total. The summed E-state index contributed by atoms with van der Waals surface area (Å²) in [4.78, 5) is 0.137. The second-order valence-electron chi connectivity index (χ2n) is 4.22. The number of rotatable bonds is 5. The summed E-state index contributed by atoms with van der Waals surface area (Å²) in [7, 11) is -2.09. The van der Waals surface area contributed by atoms with Crippen molar-refractivity contribution in [1.82, 2.24) is 5.32 Å². The van der Waals surface area contributed by atoms with Gasteiger partial charge in [0.15, 0.2) is 0 Å². The third kappa shape index (κ3) is 3.15. The van der Waals surface area contributed by atoms with Gasteiger partial charge in [-0.2, -0.15) is 0 Å². The minimum Gasteiger partial charge on any atom is -0.316 e. The zero-order chi connectivity index (χ0) is 14.6. The summed E-state index contributed by atoms with van der Waals surface area (Å²) >= 11 is 0. The Bertz CT molecular complexity index is 702. The Kier molecular flexibility index (Phi) is 4.36. The van der Waals surface area contributed by atoms with Gasteiger partial charge in [-0.15, -0.1) is 0 Å². The van der Waals surface area contributed by atoms with Gasteiger partial charge in [-0.05, 0) is 30.8 Å². The fourth-order valence-electron chi connectivity index (χ4n) is 1.85. The molecule has 2 rings (SSSR count). The molecule has 0 bridgehead atoms. The van der Waals surface area contributed by atoms with Crippen molar-refractivity contribution in [3.05, 3.63) is 59.9 Å². The van der Waals surface area contributed by atoms with Crippen LogP contribution in [-0.2, 0) is 16.6 Å². The minimum absolute atomic E-state index is 0.0632. The summed E-state index contributed by atoms with van der Waals surface area (Å²) in [6, 6.07) is 12.3. The van der Waals surface area contributed by atoms with Crippen LogP contribution in [0.15, 0.2) is 53.4 Å². The third-order valence-corrected chi connectivity index (χ3v) is 4.21. The zero-order valence-electron chi connectivity index (χ0n) is 10.9. The Morgan fingerprint density at radius 1 is 1.05 bits per heavy atom. The maximum absolute atomic E-state index is 13.5. The molecule has 0 aliphatic heterocycles. The van der Waals surface area contributed by atoms with Gasteiger partial charge in [0.2, 0.25) is 0 Å². The molecule has 2 aromatic rings. The minimum atomic E-state index is -3.82. The van der Waals surface area contributed by atoms with Crippen molar-refractivity contribution in [3.63, 3.8) is 0 Å². The number of anilines is 1. The lowest BCUT2D eigenvalue weighted by Gasteiger charge is -2.12. The van der Waals surface area contributed by atoms with Crippen LogP contribution < -0.4 is 10.0 Å². The number of halogens is 1. The molecule has 2 aromatic carbocycles. The monoisotopic (exact) mass is 294 g/mol. The molecule has 0 aliphatic carbocycles. The Morgan fingerprint density at radius 3 is 2.40 bits per heavy atom. The number of para-hydroxylation sites is 1. The molecule has 106 valence electrons. The van der Waals surface area contributed by atoms with Crippen LogP contribution in [0.1, 0.15) is 5.56 Å². The lowest BCUT2D eigenvalue weighted by molar-refractivity contribution is 0.596. The first kappa shape index (κ1) is 14.5. The number of hydrogen-bond donors (Lipinski definition) is 2. The van der Waals surface area contributed by atoms with Crippen LogP contribution in [0.2, 0.25) is 0 Å². The van der Waals surface area contributed by atoms with E-state index in [9.17, 15) is 12.8 Å². The third-order valence-electron chi connectivity index (χ3n) is 2.75. The molecule has 0 radical (unpaired) electrons. The van der Waals surface area contributed by atoms with Gasteiger partial charge in [0.05, 0.1) is 10.6 Å². The van der Waals surface area contributed by atoms with Gasteiger partial charge in [-0.25, -0.2) is 12.8 Å². The zero-order valence-corrected chi connectivity index (χ0v) is 11.7. The Morgan fingerprint density at radius 2 is 1.70 bits per heavy atom. The maximum Gasteiger partial charge on any atom is 0.262 e. The van der Waals surface area contributed by atoms with Crippen molar-refractivity contribution in [2.24, 2.45) is 0 Å². The first-order chi connectivity index (χ1) is 9.54. The predicted octanol–water partition coefficient (Wildman–Crippen LogP) is 2.35. The average molecular weight is 294 g/mol. The highest BCUT2D eigenvalue weighted by Gasteiger charge is 2.19. The normalized spacial score (nSPS) is 11.3. The lowest BCUT2D eigenvalue weighted by atomic mass is 10.2. The SMILES string of the molecule is CNCc1ccccc1S(=O)(=O)Nc1ccccc1F. The second kappa shape index (κ2) is 6.02. The van der Waals surface area contributed by atoms with E-state index in [4.69, 9.17) is 0 Å². The first-order valence-corrected chi connectivity index (χ1v) is 7.53. The highest BCUT2D eigenvalue weighted by molar-refractivity contribution is 7.92. The molecule has 0 spiro atoms. The number of hydrogen-bond acceptors (Lipinski definition) is 3. The van der Waals surface area contributed by atoms with Gasteiger partial charge in [-0.1, -0.05) is 30.3 Å². The summed E-state index contributed by atoms with van der Waals surface area (Å²) < 4.78 is 40.5. The van der Waals surface area contributed by atoms with Crippen molar-refractivity contribution in [1.29, 1.82) is 0 Å². The molecule has 0 amide bonds. The van der Waals surface area contributed by atoms with Crippen molar-refractivity contribution in [2.75, 3.05) is 11.8 Å².